The summed E-state index contributed by atoms with van der Waals surface area (Å²) in [6.45, 7) is 0. The molecule has 12 aromatic carbocycles. The monoisotopic (exact) mass is 1190 g/mol. The van der Waals surface area contributed by atoms with Gasteiger partial charge in [-0.15, -0.1) is 0 Å². The largest absolute Gasteiger partial charge is 0.456 e. The predicted octanol–water partition coefficient (Wildman–Crippen LogP) is 15.3. The van der Waals surface area contributed by atoms with Gasteiger partial charge >= 0.3 is 0 Å². The second kappa shape index (κ2) is 19.5. The van der Waals surface area contributed by atoms with Crippen molar-refractivity contribution >= 4 is 177 Å². The Morgan fingerprint density at radius 3 is 0.762 bits per heavy atom. The molecule has 0 bridgehead atoms. The molecule has 380 valence electrons. The van der Waals surface area contributed by atoms with Gasteiger partial charge in [-0.2, -0.15) is 0 Å². The second-order valence-electron chi connectivity index (χ2n) is 20.3. The van der Waals surface area contributed by atoms with E-state index >= 15 is 0 Å². The van der Waals surface area contributed by atoms with Crippen LogP contribution in [0.1, 0.15) is 0 Å². The van der Waals surface area contributed by atoms with Crippen LogP contribution < -0.4 is 41.5 Å². The Balaban J connectivity index is 0.000000138. The first-order valence-electron chi connectivity index (χ1n) is 26.8. The van der Waals surface area contributed by atoms with E-state index in [4.69, 9.17) is 17.7 Å². The van der Waals surface area contributed by atoms with Crippen molar-refractivity contribution in [1.82, 2.24) is 0 Å². The van der Waals surface area contributed by atoms with E-state index in [1.54, 1.807) is 0 Å². The topological polar surface area (TPSA) is 52.6 Å². The first-order chi connectivity index (χ1) is 39.5. The zero-order valence-corrected chi connectivity index (χ0v) is 48.1. The number of hydrogen-bond acceptors (Lipinski definition) is 4. The summed E-state index contributed by atoms with van der Waals surface area (Å²) in [6, 6.07) is 99.4. The molecule has 8 heteroatoms. The Hall–Kier alpha value is -8.77. The molecule has 0 aliphatic rings. The fourth-order valence-electron chi connectivity index (χ4n) is 12.9. The van der Waals surface area contributed by atoms with Crippen molar-refractivity contribution in [1.29, 1.82) is 0 Å². The number of hydrogen-bond donors (Lipinski definition) is 0. The summed E-state index contributed by atoms with van der Waals surface area (Å²) in [7, 11) is -5.95. The highest BCUT2D eigenvalue weighted by molar-refractivity contribution is 9.11. The average Bonchev–Trinajstić information content (AvgIpc) is 4.34. The fourth-order valence-corrected chi connectivity index (χ4v) is 23.8. The van der Waals surface area contributed by atoms with E-state index in [1.807, 2.05) is 24.3 Å². The van der Waals surface area contributed by atoms with E-state index in [0.29, 0.717) is 0 Å². The van der Waals surface area contributed by atoms with Crippen LogP contribution >= 0.6 is 31.9 Å². The van der Waals surface area contributed by atoms with Crippen LogP contribution in [0.5, 0.6) is 0 Å². The van der Waals surface area contributed by atoms with E-state index < -0.39 is 16.1 Å². The summed E-state index contributed by atoms with van der Waals surface area (Å²) >= 11 is 7.48. The van der Waals surface area contributed by atoms with Crippen molar-refractivity contribution < 1.29 is 17.7 Å². The summed E-state index contributed by atoms with van der Waals surface area (Å²) < 4.78 is 29.0. The molecule has 0 saturated carbocycles. The Labute approximate surface area is 479 Å². The van der Waals surface area contributed by atoms with Gasteiger partial charge in [-0.1, -0.05) is 255 Å². The summed E-state index contributed by atoms with van der Waals surface area (Å²) in [6.07, 6.45) is 0. The van der Waals surface area contributed by atoms with Gasteiger partial charge < -0.3 is 17.7 Å². The maximum Gasteiger partial charge on any atom is 0.188 e. The Kier molecular flexibility index (Phi) is 11.8. The van der Waals surface area contributed by atoms with E-state index in [1.165, 1.54) is 41.5 Å². The zero-order chi connectivity index (χ0) is 53.4. The summed E-state index contributed by atoms with van der Waals surface area (Å²) in [5.41, 5.74) is 7.29. The highest BCUT2D eigenvalue weighted by Crippen LogP contribution is 2.37. The molecule has 0 radical (unpaired) electrons. The molecule has 16 rings (SSSR count). The average molecular weight is 1190 g/mol. The number of fused-ring (bicyclic) bond motifs is 12. The van der Waals surface area contributed by atoms with Gasteiger partial charge in [-0.25, -0.2) is 0 Å². The molecule has 0 aliphatic carbocycles. The molecule has 0 saturated heterocycles. The van der Waals surface area contributed by atoms with Gasteiger partial charge in [0.2, 0.25) is 0 Å². The van der Waals surface area contributed by atoms with Crippen molar-refractivity contribution in [3.63, 3.8) is 0 Å². The first kappa shape index (κ1) is 48.4. The Bertz CT molecular complexity index is 4670. The van der Waals surface area contributed by atoms with Crippen LogP contribution in [0.3, 0.4) is 0 Å². The minimum atomic E-state index is -3.01. The molecule has 0 amide bonds. The molecule has 0 fully saturated rings. The van der Waals surface area contributed by atoms with Crippen LogP contribution in [0.25, 0.3) is 87.8 Å². The molecular formula is C72H46Br2O4Si2. The van der Waals surface area contributed by atoms with Gasteiger partial charge in [0, 0.05) is 43.1 Å². The molecule has 0 spiro atoms. The first-order valence-corrected chi connectivity index (χ1v) is 32.4. The van der Waals surface area contributed by atoms with Crippen LogP contribution in [-0.4, -0.2) is 16.1 Å². The van der Waals surface area contributed by atoms with Crippen LogP contribution in [0.15, 0.2) is 306 Å². The predicted molar refractivity (Wildman–Crippen MR) is 345 cm³/mol. The summed E-state index contributed by atoms with van der Waals surface area (Å²) in [4.78, 5) is 0. The highest BCUT2D eigenvalue weighted by Gasteiger charge is 2.47. The standard InChI is InChI=1S/C36H22Br2O2Si.C36H24O2Si/c37-29-19-7-15-25-27-17-9-21-31(35(27)39-33(25)29)41(23-11-3-1-4-12-23,24-13-5-2-6-14-24)32-22-10-18-28-26-16-8-20-30(38)34(26)40-36(28)32;1-3-13-25(14-4-1)39(26-15-5-2-6-16-26,33-23-11-19-29-27-17-7-9-21-31(27)37-35(29)33)34-24-12-20-30-28-18-8-10-22-32(28)38-36(30)34/h1-22H;1-24H. The number of rotatable bonds is 8. The van der Waals surface area contributed by atoms with Crippen LogP contribution in [0, 0.1) is 0 Å². The second-order valence-corrected chi connectivity index (χ2v) is 29.5. The third-order valence-corrected chi connectivity index (χ3v) is 27.1. The molecule has 4 nitrogen and oxygen atoms in total. The van der Waals surface area contributed by atoms with Crippen molar-refractivity contribution in [2.75, 3.05) is 0 Å². The summed E-state index contributed by atoms with van der Waals surface area (Å²) in [5.74, 6) is 0. The molecule has 0 unspecified atom stereocenters. The van der Waals surface area contributed by atoms with Crippen LogP contribution in [0.2, 0.25) is 0 Å². The fraction of sp³-hybridized carbons (Fsp3) is 0. The Morgan fingerprint density at radius 1 is 0.200 bits per heavy atom. The van der Waals surface area contributed by atoms with Crippen molar-refractivity contribution in [3.05, 3.63) is 288 Å². The molecule has 80 heavy (non-hydrogen) atoms. The SMILES string of the molecule is Brc1cccc2c1oc1c([Si](c3ccccc3)(c3ccccc3)c3cccc4c3oc3c(Br)cccc34)cccc12.c1ccc([Si](c2ccccc2)(c2cccc3c2oc2ccccc23)c2cccc3c2oc2ccccc23)cc1. The van der Waals surface area contributed by atoms with Gasteiger partial charge in [0.05, 0.1) is 8.95 Å². The lowest BCUT2D eigenvalue weighted by Crippen LogP contribution is -2.75. The van der Waals surface area contributed by atoms with Gasteiger partial charge in [-0.3, -0.25) is 0 Å². The lowest BCUT2D eigenvalue weighted by atomic mass is 10.1. The van der Waals surface area contributed by atoms with Crippen LogP contribution in [0.4, 0.5) is 0 Å². The van der Waals surface area contributed by atoms with Crippen molar-refractivity contribution in [2.45, 2.75) is 0 Å². The number of benzene rings is 12. The third-order valence-electron chi connectivity index (χ3n) is 16.2. The van der Waals surface area contributed by atoms with Crippen LogP contribution in [-0.2, 0) is 0 Å². The summed E-state index contributed by atoms with van der Waals surface area (Å²) in [5, 5.41) is 19.0. The normalized spacial score (nSPS) is 12.1. The maximum absolute atomic E-state index is 6.82. The van der Waals surface area contributed by atoms with Gasteiger partial charge in [-0.05, 0) is 97.6 Å². The van der Waals surface area contributed by atoms with Gasteiger partial charge in [0.25, 0.3) is 0 Å². The third kappa shape index (κ3) is 7.36. The smallest absolute Gasteiger partial charge is 0.188 e. The molecule has 0 aliphatic heterocycles. The van der Waals surface area contributed by atoms with Crippen molar-refractivity contribution in [2.24, 2.45) is 0 Å². The molecule has 4 heterocycles. The van der Waals surface area contributed by atoms with E-state index in [-0.39, 0.29) is 0 Å². The van der Waals surface area contributed by atoms with E-state index in [2.05, 4.69) is 287 Å². The maximum atomic E-state index is 6.82. The minimum Gasteiger partial charge on any atom is -0.456 e. The zero-order valence-electron chi connectivity index (χ0n) is 42.9. The molecular weight excluding hydrogens is 1140 g/mol. The van der Waals surface area contributed by atoms with Gasteiger partial charge in [0.1, 0.15) is 44.7 Å². The lowest BCUT2D eigenvalue weighted by Gasteiger charge is -2.34. The lowest BCUT2D eigenvalue weighted by molar-refractivity contribution is 0.668. The molecule has 0 atom stereocenters. The number of para-hydroxylation sites is 8. The quantitative estimate of drug-likeness (QED) is 0.112. The molecule has 16 aromatic rings. The van der Waals surface area contributed by atoms with E-state index in [9.17, 15) is 0 Å². The number of halogens is 2. The number of furan rings is 4. The van der Waals surface area contributed by atoms with Crippen molar-refractivity contribution in [3.8, 4) is 0 Å². The highest BCUT2D eigenvalue weighted by atomic mass is 79.9. The van der Waals surface area contributed by atoms with E-state index in [0.717, 1.165) is 96.7 Å². The molecule has 4 aromatic heterocycles. The molecule has 0 N–H and O–H groups in total. The Morgan fingerprint density at radius 2 is 0.438 bits per heavy atom. The minimum absolute atomic E-state index is 0.866. The van der Waals surface area contributed by atoms with Gasteiger partial charge in [0.15, 0.2) is 16.1 Å².